The summed E-state index contributed by atoms with van der Waals surface area (Å²) >= 11 is 0. The van der Waals surface area contributed by atoms with Gasteiger partial charge in [0.1, 0.15) is 0 Å². The van der Waals surface area contributed by atoms with E-state index >= 15 is 0 Å². The largest absolute Gasteiger partial charge is 0.500 e. The van der Waals surface area contributed by atoms with Crippen LogP contribution in [0.15, 0.2) is 0 Å². The van der Waals surface area contributed by atoms with E-state index in [4.69, 9.17) is 32.3 Å². The predicted octanol–water partition coefficient (Wildman–Crippen LogP) is 5.85. The van der Waals surface area contributed by atoms with E-state index in [0.29, 0.717) is 0 Å². The van der Waals surface area contributed by atoms with Crippen molar-refractivity contribution in [3.05, 3.63) is 0 Å². The van der Waals surface area contributed by atoms with Crippen LogP contribution >= 0.6 is 0 Å². The van der Waals surface area contributed by atoms with Gasteiger partial charge in [-0.25, -0.2) is 0 Å². The Labute approximate surface area is 232 Å². The molecule has 224 valence electrons. The number of hydrogen-bond acceptors (Lipinski definition) is 8. The first-order valence-corrected chi connectivity index (χ1v) is 18.6. The van der Waals surface area contributed by atoms with Gasteiger partial charge in [0, 0.05) is 54.7 Å². The quantitative estimate of drug-likeness (QED) is 0.0891. The Kier molecular flexibility index (Phi) is 25.2. The molecule has 0 radical (unpaired) electrons. The fourth-order valence-electron chi connectivity index (χ4n) is 4.87. The van der Waals surface area contributed by atoms with Crippen molar-refractivity contribution in [2.24, 2.45) is 5.73 Å². The molecule has 0 aliphatic rings. The fraction of sp³-hybridized carbons (Fsp3) is 1.00. The van der Waals surface area contributed by atoms with Gasteiger partial charge in [-0.15, -0.1) is 0 Å². The third-order valence-corrected chi connectivity index (χ3v) is 13.1. The molecule has 0 spiro atoms. The average molecular weight is 567 g/mol. The van der Waals surface area contributed by atoms with Crippen LogP contribution in [0.5, 0.6) is 0 Å². The van der Waals surface area contributed by atoms with E-state index < -0.39 is 17.6 Å². The summed E-state index contributed by atoms with van der Waals surface area (Å²) in [4.78, 5) is 2.71. The lowest BCUT2D eigenvalue weighted by Gasteiger charge is -2.24. The number of rotatable bonds is 29. The van der Waals surface area contributed by atoms with Crippen LogP contribution in [0.3, 0.4) is 0 Å². The van der Waals surface area contributed by atoms with Crippen molar-refractivity contribution in [3.63, 3.8) is 0 Å². The molecule has 0 unspecified atom stereocenters. The van der Waals surface area contributed by atoms with Crippen LogP contribution in [0.2, 0.25) is 12.1 Å². The van der Waals surface area contributed by atoms with Gasteiger partial charge in [-0.05, 0) is 64.7 Å². The van der Waals surface area contributed by atoms with Gasteiger partial charge in [0.15, 0.2) is 0 Å². The van der Waals surface area contributed by atoms with Crippen LogP contribution in [0.25, 0.3) is 0 Å². The van der Waals surface area contributed by atoms with E-state index in [1.54, 1.807) is 42.7 Å². The van der Waals surface area contributed by atoms with Crippen molar-refractivity contribution in [1.82, 2.24) is 4.90 Å². The van der Waals surface area contributed by atoms with Gasteiger partial charge in [0.2, 0.25) is 0 Å². The molecule has 0 aliphatic carbocycles. The van der Waals surface area contributed by atoms with Crippen LogP contribution in [-0.2, 0) is 26.6 Å². The molecule has 0 aliphatic heterocycles. The smallest absolute Gasteiger partial charge is 0.377 e. The van der Waals surface area contributed by atoms with Gasteiger partial charge in [-0.2, -0.15) is 0 Å². The van der Waals surface area contributed by atoms with Gasteiger partial charge in [-0.3, -0.25) is 0 Å². The first kappa shape index (κ1) is 37.1. The SMILES string of the molecule is CO[Si](CCCCCCCN(CCCCCCCN)CCCCCCC[Si](OC)(OC)OC)(OC)OC. The van der Waals surface area contributed by atoms with Gasteiger partial charge < -0.3 is 37.2 Å². The lowest BCUT2D eigenvalue weighted by atomic mass is 10.1. The van der Waals surface area contributed by atoms with E-state index in [1.807, 2.05) is 0 Å². The highest BCUT2D eigenvalue weighted by molar-refractivity contribution is 6.60. The second-order valence-electron chi connectivity index (χ2n) is 10.0. The molecule has 0 heterocycles. The summed E-state index contributed by atoms with van der Waals surface area (Å²) in [5.41, 5.74) is 5.63. The first-order valence-electron chi connectivity index (χ1n) is 14.7. The maximum atomic E-state index is 5.63. The van der Waals surface area contributed by atoms with Crippen molar-refractivity contribution in [3.8, 4) is 0 Å². The Morgan fingerprint density at radius 1 is 0.405 bits per heavy atom. The van der Waals surface area contributed by atoms with Crippen LogP contribution < -0.4 is 5.73 Å². The summed E-state index contributed by atoms with van der Waals surface area (Å²) in [7, 11) is 5.37. The molecule has 0 aromatic rings. The van der Waals surface area contributed by atoms with Crippen molar-refractivity contribution in [2.45, 2.75) is 108 Å². The van der Waals surface area contributed by atoms with E-state index in [0.717, 1.165) is 37.9 Å². The molecule has 8 nitrogen and oxygen atoms in total. The number of hydrogen-bond donors (Lipinski definition) is 1. The number of nitrogens with zero attached hydrogens (tertiary/aromatic N) is 1. The molecule has 0 saturated carbocycles. The first-order chi connectivity index (χ1) is 18.0. The lowest BCUT2D eigenvalue weighted by molar-refractivity contribution is 0.122. The third-order valence-electron chi connectivity index (χ3n) is 7.46. The zero-order valence-electron chi connectivity index (χ0n) is 25.3. The maximum absolute atomic E-state index is 5.63. The molecule has 0 aromatic carbocycles. The molecule has 2 N–H and O–H groups in total. The highest BCUT2D eigenvalue weighted by atomic mass is 28.4. The standard InChI is InChI=1S/C27H62N2O6Si2/c1-30-36(31-2,32-3)26-20-14-8-12-18-24-29(23-17-11-7-10-16-22-28)25-19-13-9-15-21-27-37(33-4,34-5)35-6/h7-28H2,1-6H3. The molecule has 0 rings (SSSR count). The molecule has 0 atom stereocenters. The van der Waals surface area contributed by atoms with Gasteiger partial charge in [0.05, 0.1) is 0 Å². The van der Waals surface area contributed by atoms with Crippen molar-refractivity contribution in [1.29, 1.82) is 0 Å². The second-order valence-corrected chi connectivity index (χ2v) is 16.2. The van der Waals surface area contributed by atoms with E-state index in [9.17, 15) is 0 Å². The third kappa shape index (κ3) is 18.2. The van der Waals surface area contributed by atoms with Crippen LogP contribution in [0, 0.1) is 0 Å². The van der Waals surface area contributed by atoms with E-state index in [2.05, 4.69) is 4.90 Å². The monoisotopic (exact) mass is 566 g/mol. The molecule has 0 amide bonds. The lowest BCUT2D eigenvalue weighted by Crippen LogP contribution is -2.42. The summed E-state index contributed by atoms with van der Waals surface area (Å²) in [5, 5.41) is 0. The highest BCUT2D eigenvalue weighted by Gasteiger charge is 2.37. The van der Waals surface area contributed by atoms with Gasteiger partial charge in [-0.1, -0.05) is 57.8 Å². The Morgan fingerprint density at radius 3 is 0.973 bits per heavy atom. The zero-order chi connectivity index (χ0) is 27.7. The summed E-state index contributed by atoms with van der Waals surface area (Å²) in [6.45, 7) is 4.50. The number of nitrogens with two attached hydrogens (primary N) is 1. The molecule has 0 saturated heterocycles. The Bertz CT molecular complexity index is 435. The van der Waals surface area contributed by atoms with Crippen molar-refractivity contribution in [2.75, 3.05) is 68.8 Å². The number of unbranched alkanes of at least 4 members (excludes halogenated alkanes) is 12. The van der Waals surface area contributed by atoms with Gasteiger partial charge >= 0.3 is 17.6 Å². The van der Waals surface area contributed by atoms with Crippen molar-refractivity contribution >= 4 is 17.6 Å². The van der Waals surface area contributed by atoms with Crippen molar-refractivity contribution < 1.29 is 26.6 Å². The average Bonchev–Trinajstić information content (AvgIpc) is 2.94. The summed E-state index contributed by atoms with van der Waals surface area (Å²) < 4.78 is 33.2. The minimum Gasteiger partial charge on any atom is -0.377 e. The van der Waals surface area contributed by atoms with Crippen LogP contribution in [-0.4, -0.2) is 91.3 Å². The predicted molar refractivity (Wildman–Crippen MR) is 158 cm³/mol. The maximum Gasteiger partial charge on any atom is 0.500 e. The summed E-state index contributed by atoms with van der Waals surface area (Å²) in [6, 6.07) is 1.80. The molecule has 0 aromatic heterocycles. The molecule has 37 heavy (non-hydrogen) atoms. The fourth-order valence-corrected chi connectivity index (χ4v) is 8.46. The highest BCUT2D eigenvalue weighted by Crippen LogP contribution is 2.19. The Morgan fingerprint density at radius 2 is 0.676 bits per heavy atom. The summed E-state index contributed by atoms with van der Waals surface area (Å²) in [6.07, 6.45) is 18.7. The van der Waals surface area contributed by atoms with Crippen LogP contribution in [0.4, 0.5) is 0 Å². The zero-order valence-corrected chi connectivity index (χ0v) is 27.3. The molecule has 10 heteroatoms. The Balaban J connectivity index is 4.19. The topological polar surface area (TPSA) is 84.6 Å². The summed E-state index contributed by atoms with van der Waals surface area (Å²) in [5.74, 6) is 0. The minimum absolute atomic E-state index is 0.823. The Hall–Kier alpha value is 0.114. The molecule has 0 bridgehead atoms. The van der Waals surface area contributed by atoms with Gasteiger partial charge in [0.25, 0.3) is 0 Å². The molecule has 0 fully saturated rings. The van der Waals surface area contributed by atoms with E-state index in [-0.39, 0.29) is 0 Å². The molecular formula is C27H62N2O6Si2. The van der Waals surface area contributed by atoms with Crippen LogP contribution in [0.1, 0.15) is 96.3 Å². The van der Waals surface area contributed by atoms with E-state index in [1.165, 1.54) is 96.7 Å². The molecular weight excluding hydrogens is 504 g/mol. The minimum atomic E-state index is -2.41. The normalized spacial score (nSPS) is 12.6. The second kappa shape index (κ2) is 25.1.